The maximum Gasteiger partial charge on any atom is 0.269 e. The van der Waals surface area contributed by atoms with Crippen molar-refractivity contribution < 1.29 is 24.0 Å². The van der Waals surface area contributed by atoms with Crippen LogP contribution in [0, 0.1) is 10.1 Å². The molecule has 0 radical (unpaired) electrons. The summed E-state index contributed by atoms with van der Waals surface area (Å²) in [5.74, 6) is 0.308. The van der Waals surface area contributed by atoms with Crippen molar-refractivity contribution in [2.24, 2.45) is 0 Å². The van der Waals surface area contributed by atoms with Crippen LogP contribution in [0.5, 0.6) is 11.5 Å². The van der Waals surface area contributed by atoms with Gasteiger partial charge < -0.3 is 9.47 Å². The Morgan fingerprint density at radius 3 is 2.25 bits per heavy atom. The second kappa shape index (κ2) is 10.5. The lowest BCUT2D eigenvalue weighted by Gasteiger charge is -2.11. The van der Waals surface area contributed by atoms with Crippen molar-refractivity contribution >= 4 is 17.5 Å². The van der Waals surface area contributed by atoms with Crippen LogP contribution in [0.2, 0.25) is 0 Å². The number of hydrogen-bond acceptors (Lipinski definition) is 6. The van der Waals surface area contributed by atoms with Crippen LogP contribution < -0.4 is 20.3 Å². The van der Waals surface area contributed by atoms with Crippen molar-refractivity contribution in [2.45, 2.75) is 19.8 Å². The number of nitrogens with one attached hydrogen (secondary N) is 2. The van der Waals surface area contributed by atoms with E-state index in [-0.39, 0.29) is 23.6 Å². The Kier molecular flexibility index (Phi) is 7.77. The summed E-state index contributed by atoms with van der Waals surface area (Å²) in [7, 11) is 0. The fourth-order valence-corrected chi connectivity index (χ4v) is 2.25. The zero-order valence-electron chi connectivity index (χ0n) is 15.3. The lowest BCUT2D eigenvalue weighted by atomic mass is 10.2. The summed E-state index contributed by atoms with van der Waals surface area (Å²) in [6.07, 6.45) is 0.594. The fraction of sp³-hybridized carbons (Fsp3) is 0.263. The molecule has 0 bridgehead atoms. The van der Waals surface area contributed by atoms with E-state index in [0.29, 0.717) is 31.1 Å². The van der Waals surface area contributed by atoms with Crippen LogP contribution in [0.4, 0.5) is 5.69 Å². The van der Waals surface area contributed by atoms with Crippen LogP contribution in [0.15, 0.2) is 48.5 Å². The topological polar surface area (TPSA) is 120 Å². The molecule has 2 amide bonds. The normalized spacial score (nSPS) is 10.0. The number of non-ortho nitro benzene ring substituents is 1. The number of benzene rings is 2. The second-order valence-corrected chi connectivity index (χ2v) is 5.64. The van der Waals surface area contributed by atoms with Gasteiger partial charge >= 0.3 is 0 Å². The Hall–Kier alpha value is -3.62. The van der Waals surface area contributed by atoms with E-state index < -0.39 is 10.8 Å². The Morgan fingerprint density at radius 1 is 1.00 bits per heavy atom. The van der Waals surface area contributed by atoms with Gasteiger partial charge in [0.2, 0.25) is 5.91 Å². The summed E-state index contributed by atoms with van der Waals surface area (Å²) < 4.78 is 11.1. The monoisotopic (exact) mass is 387 g/mol. The predicted octanol–water partition coefficient (Wildman–Crippen LogP) is 2.61. The van der Waals surface area contributed by atoms with Gasteiger partial charge in [0.25, 0.3) is 11.6 Å². The molecule has 2 aromatic rings. The van der Waals surface area contributed by atoms with E-state index in [1.54, 1.807) is 12.1 Å². The highest BCUT2D eigenvalue weighted by atomic mass is 16.6. The van der Waals surface area contributed by atoms with Gasteiger partial charge in [-0.25, -0.2) is 0 Å². The lowest BCUT2D eigenvalue weighted by molar-refractivity contribution is -0.384. The van der Waals surface area contributed by atoms with Gasteiger partial charge in [0.05, 0.1) is 18.1 Å². The van der Waals surface area contributed by atoms with Gasteiger partial charge in [0, 0.05) is 24.1 Å². The summed E-state index contributed by atoms with van der Waals surface area (Å²) in [5, 5.41) is 10.6. The number of nitro groups is 1. The molecular weight excluding hydrogens is 366 g/mol. The zero-order valence-corrected chi connectivity index (χ0v) is 15.3. The molecule has 28 heavy (non-hydrogen) atoms. The number of carbonyl (C=O) groups is 2. The quantitative estimate of drug-likeness (QED) is 0.388. The second-order valence-electron chi connectivity index (χ2n) is 5.64. The molecule has 2 rings (SSSR count). The Labute approximate surface area is 161 Å². The predicted molar refractivity (Wildman–Crippen MR) is 101 cm³/mol. The first kappa shape index (κ1) is 20.7. The third kappa shape index (κ3) is 6.27. The first-order chi connectivity index (χ1) is 13.5. The molecule has 0 saturated heterocycles. The van der Waals surface area contributed by atoms with Crippen molar-refractivity contribution in [1.29, 1.82) is 0 Å². The maximum absolute atomic E-state index is 11.9. The van der Waals surface area contributed by atoms with Crippen LogP contribution in [0.25, 0.3) is 0 Å². The third-order valence-corrected chi connectivity index (χ3v) is 3.61. The van der Waals surface area contributed by atoms with Gasteiger partial charge in [-0.15, -0.1) is 0 Å². The summed E-state index contributed by atoms with van der Waals surface area (Å²) in [4.78, 5) is 33.8. The van der Waals surface area contributed by atoms with E-state index in [2.05, 4.69) is 10.9 Å². The van der Waals surface area contributed by atoms with Crippen LogP contribution in [0.1, 0.15) is 30.1 Å². The molecule has 9 nitrogen and oxygen atoms in total. The third-order valence-electron chi connectivity index (χ3n) is 3.61. The molecule has 0 spiro atoms. The fourth-order valence-electron chi connectivity index (χ4n) is 2.25. The first-order valence-electron chi connectivity index (χ1n) is 8.69. The molecule has 0 fully saturated rings. The van der Waals surface area contributed by atoms with Crippen LogP contribution in [0.3, 0.4) is 0 Å². The van der Waals surface area contributed by atoms with Crippen LogP contribution >= 0.6 is 0 Å². The van der Waals surface area contributed by atoms with Crippen LogP contribution in [-0.4, -0.2) is 30.0 Å². The van der Waals surface area contributed by atoms with Gasteiger partial charge in [-0.05, 0) is 37.6 Å². The van der Waals surface area contributed by atoms with E-state index in [4.69, 9.17) is 9.47 Å². The highest BCUT2D eigenvalue weighted by molar-refractivity contribution is 5.95. The molecular formula is C19H21N3O6. The number of ether oxygens (including phenoxy) is 2. The molecule has 0 aromatic heterocycles. The van der Waals surface area contributed by atoms with Crippen molar-refractivity contribution in [3.63, 3.8) is 0 Å². The van der Waals surface area contributed by atoms with Crippen molar-refractivity contribution in [3.8, 4) is 11.5 Å². The van der Waals surface area contributed by atoms with Crippen molar-refractivity contribution in [1.82, 2.24) is 10.9 Å². The Morgan fingerprint density at radius 2 is 1.64 bits per heavy atom. The molecule has 9 heteroatoms. The first-order valence-corrected chi connectivity index (χ1v) is 8.69. The molecule has 0 heterocycles. The molecule has 148 valence electrons. The molecule has 0 aliphatic carbocycles. The van der Waals surface area contributed by atoms with Crippen molar-refractivity contribution in [2.75, 3.05) is 13.2 Å². The number of nitro benzene ring substituents is 1. The van der Waals surface area contributed by atoms with Gasteiger partial charge in [0.15, 0.2) is 11.5 Å². The van der Waals surface area contributed by atoms with Gasteiger partial charge in [-0.1, -0.05) is 12.1 Å². The minimum Gasteiger partial charge on any atom is -0.490 e. The minimum atomic E-state index is -0.565. The zero-order chi connectivity index (χ0) is 20.4. The largest absolute Gasteiger partial charge is 0.490 e. The molecule has 0 atom stereocenters. The summed E-state index contributed by atoms with van der Waals surface area (Å²) >= 11 is 0. The number of hydrazine groups is 1. The van der Waals surface area contributed by atoms with Gasteiger partial charge in [0.1, 0.15) is 0 Å². The van der Waals surface area contributed by atoms with Crippen LogP contribution in [-0.2, 0) is 4.79 Å². The lowest BCUT2D eigenvalue weighted by Crippen LogP contribution is -2.41. The molecule has 0 aliphatic heterocycles. The number of nitrogens with zero attached hydrogens (tertiary/aromatic N) is 1. The number of hydrogen-bond donors (Lipinski definition) is 2. The molecule has 2 aromatic carbocycles. The Bertz CT molecular complexity index is 823. The number of rotatable bonds is 9. The van der Waals surface area contributed by atoms with Gasteiger partial charge in [-0.2, -0.15) is 0 Å². The van der Waals surface area contributed by atoms with E-state index in [9.17, 15) is 19.7 Å². The summed E-state index contributed by atoms with van der Waals surface area (Å²) in [5.41, 5.74) is 4.64. The summed E-state index contributed by atoms with van der Waals surface area (Å²) in [6, 6.07) is 12.3. The molecule has 0 saturated carbocycles. The number of amides is 2. The molecule has 0 unspecified atom stereocenters. The minimum absolute atomic E-state index is 0.119. The standard InChI is InChI=1S/C19H21N3O6/c1-2-27-16-6-3-4-7-17(16)28-13-5-8-18(23)20-21-19(24)14-9-11-15(12-10-14)22(25)26/h3-4,6-7,9-12H,2,5,8,13H2,1H3,(H,20,23)(H,21,24). The van der Waals surface area contributed by atoms with E-state index in [0.717, 1.165) is 0 Å². The van der Waals surface area contributed by atoms with E-state index in [1.807, 2.05) is 19.1 Å². The van der Waals surface area contributed by atoms with E-state index >= 15 is 0 Å². The average molecular weight is 387 g/mol. The summed E-state index contributed by atoms with van der Waals surface area (Å²) in [6.45, 7) is 2.72. The van der Waals surface area contributed by atoms with Crippen molar-refractivity contribution in [3.05, 3.63) is 64.2 Å². The highest BCUT2D eigenvalue weighted by Gasteiger charge is 2.10. The SMILES string of the molecule is CCOc1ccccc1OCCCC(=O)NNC(=O)c1ccc([N+](=O)[O-])cc1. The highest BCUT2D eigenvalue weighted by Crippen LogP contribution is 2.26. The number of carbonyl (C=O) groups excluding carboxylic acids is 2. The van der Waals surface area contributed by atoms with E-state index in [1.165, 1.54) is 24.3 Å². The number of para-hydroxylation sites is 2. The smallest absolute Gasteiger partial charge is 0.269 e. The molecule has 0 aliphatic rings. The maximum atomic E-state index is 11.9. The Balaban J connectivity index is 1.70. The molecule has 2 N–H and O–H groups in total. The van der Waals surface area contributed by atoms with Gasteiger partial charge in [-0.3, -0.25) is 30.6 Å². The average Bonchev–Trinajstić information content (AvgIpc) is 2.70.